The van der Waals surface area contributed by atoms with Gasteiger partial charge in [-0.05, 0) is 36.7 Å². The van der Waals surface area contributed by atoms with Crippen LogP contribution in [-0.4, -0.2) is 11.5 Å². The summed E-state index contributed by atoms with van der Waals surface area (Å²) in [6, 6.07) is 0. The van der Waals surface area contributed by atoms with Crippen LogP contribution in [0.4, 0.5) is 0 Å². The first kappa shape index (κ1) is 7.20. The lowest BCUT2D eigenvalue weighted by molar-refractivity contribution is 0.497. The van der Waals surface area contributed by atoms with Crippen LogP contribution in [-0.2, 0) is 0 Å². The summed E-state index contributed by atoms with van der Waals surface area (Å²) >= 11 is 2.09. The fourth-order valence-corrected chi connectivity index (χ4v) is 2.42. The van der Waals surface area contributed by atoms with Gasteiger partial charge in [-0.25, -0.2) is 0 Å². The zero-order valence-corrected chi connectivity index (χ0v) is 6.62. The van der Waals surface area contributed by atoms with Crippen LogP contribution in [0.25, 0.3) is 0 Å². The summed E-state index contributed by atoms with van der Waals surface area (Å²) in [6.45, 7) is 3.75. The van der Waals surface area contributed by atoms with Crippen molar-refractivity contribution in [3.63, 3.8) is 0 Å². The Labute approximate surface area is 61.7 Å². The molecule has 1 heteroatoms. The number of hydrogen-bond acceptors (Lipinski definition) is 1. The minimum Gasteiger partial charge on any atom is -0.162 e. The van der Waals surface area contributed by atoms with Gasteiger partial charge in [-0.15, -0.1) is 6.58 Å². The third-order valence-electron chi connectivity index (χ3n) is 1.84. The van der Waals surface area contributed by atoms with E-state index in [0.717, 1.165) is 5.92 Å². The lowest BCUT2D eigenvalue weighted by atomic mass is 9.99. The van der Waals surface area contributed by atoms with Crippen LogP contribution < -0.4 is 0 Å². The zero-order valence-electron chi connectivity index (χ0n) is 5.81. The fraction of sp³-hybridized carbons (Fsp3) is 0.750. The zero-order chi connectivity index (χ0) is 6.53. The van der Waals surface area contributed by atoms with Crippen molar-refractivity contribution in [1.29, 1.82) is 0 Å². The molecule has 1 fully saturated rings. The first-order valence-electron chi connectivity index (χ1n) is 3.62. The summed E-state index contributed by atoms with van der Waals surface area (Å²) in [5.74, 6) is 3.71. The van der Waals surface area contributed by atoms with Gasteiger partial charge in [-0.2, -0.15) is 11.8 Å². The van der Waals surface area contributed by atoms with Crippen molar-refractivity contribution in [2.24, 2.45) is 5.92 Å². The Balaban J connectivity index is 2.15. The van der Waals surface area contributed by atoms with E-state index in [4.69, 9.17) is 0 Å². The predicted molar refractivity (Wildman–Crippen MR) is 44.9 cm³/mol. The van der Waals surface area contributed by atoms with E-state index in [-0.39, 0.29) is 0 Å². The van der Waals surface area contributed by atoms with Gasteiger partial charge in [0.25, 0.3) is 0 Å². The van der Waals surface area contributed by atoms with E-state index >= 15 is 0 Å². The first-order valence-corrected chi connectivity index (χ1v) is 4.77. The number of rotatable bonds is 2. The monoisotopic (exact) mass is 142 g/mol. The molecule has 1 heterocycles. The third-order valence-corrected chi connectivity index (χ3v) is 2.89. The van der Waals surface area contributed by atoms with Gasteiger partial charge in [-0.1, -0.05) is 6.08 Å². The third kappa shape index (κ3) is 2.44. The lowest BCUT2D eigenvalue weighted by Crippen LogP contribution is -2.07. The van der Waals surface area contributed by atoms with Crippen LogP contribution in [0.1, 0.15) is 19.3 Å². The molecule has 9 heavy (non-hydrogen) atoms. The molecular formula is C8H14S. The average Bonchev–Trinajstić information content (AvgIpc) is 1.91. The van der Waals surface area contributed by atoms with Crippen LogP contribution >= 0.6 is 11.8 Å². The molecule has 0 amide bonds. The topological polar surface area (TPSA) is 0 Å². The summed E-state index contributed by atoms with van der Waals surface area (Å²) < 4.78 is 0. The molecule has 0 aliphatic carbocycles. The second-order valence-electron chi connectivity index (χ2n) is 2.58. The number of hydrogen-bond donors (Lipinski definition) is 0. The normalized spacial score (nSPS) is 21.8. The molecule has 0 radical (unpaired) electrons. The molecule has 0 saturated carbocycles. The average molecular weight is 142 g/mol. The molecule has 0 aromatic rings. The quantitative estimate of drug-likeness (QED) is 0.534. The Bertz CT molecular complexity index is 82.6. The van der Waals surface area contributed by atoms with Gasteiger partial charge in [0.1, 0.15) is 0 Å². The van der Waals surface area contributed by atoms with E-state index in [1.54, 1.807) is 0 Å². The van der Waals surface area contributed by atoms with Gasteiger partial charge in [-0.3, -0.25) is 0 Å². The van der Waals surface area contributed by atoms with Crippen molar-refractivity contribution in [1.82, 2.24) is 0 Å². The van der Waals surface area contributed by atoms with Crippen LogP contribution in [0.2, 0.25) is 0 Å². The summed E-state index contributed by atoms with van der Waals surface area (Å²) in [5.41, 5.74) is 0. The van der Waals surface area contributed by atoms with Crippen molar-refractivity contribution >= 4 is 11.8 Å². The molecule has 0 N–H and O–H groups in total. The fourth-order valence-electron chi connectivity index (χ4n) is 1.22. The Morgan fingerprint density at radius 3 is 2.67 bits per heavy atom. The summed E-state index contributed by atoms with van der Waals surface area (Å²) in [6.07, 6.45) is 6.12. The standard InChI is InChI=1S/C8H14S/c1-2-3-8-4-6-9-7-5-8/h2,8H,1,3-7H2. The molecule has 1 rings (SSSR count). The molecule has 0 bridgehead atoms. The van der Waals surface area contributed by atoms with E-state index in [0.29, 0.717) is 0 Å². The van der Waals surface area contributed by atoms with Crippen molar-refractivity contribution in [3.8, 4) is 0 Å². The Kier molecular flexibility index (Phi) is 3.20. The highest BCUT2D eigenvalue weighted by Crippen LogP contribution is 2.24. The van der Waals surface area contributed by atoms with Gasteiger partial charge in [0.2, 0.25) is 0 Å². The van der Waals surface area contributed by atoms with Gasteiger partial charge in [0, 0.05) is 0 Å². The molecule has 0 nitrogen and oxygen atoms in total. The molecule has 0 unspecified atom stereocenters. The minimum atomic E-state index is 0.962. The Morgan fingerprint density at radius 2 is 2.11 bits per heavy atom. The van der Waals surface area contributed by atoms with E-state index in [1.165, 1.54) is 30.8 Å². The maximum absolute atomic E-state index is 3.75. The molecule has 0 spiro atoms. The van der Waals surface area contributed by atoms with Crippen LogP contribution in [0, 0.1) is 5.92 Å². The molecule has 1 aliphatic rings. The molecule has 0 atom stereocenters. The van der Waals surface area contributed by atoms with Crippen molar-refractivity contribution in [2.45, 2.75) is 19.3 Å². The maximum Gasteiger partial charge on any atom is -0.00648 e. The highest BCUT2D eigenvalue weighted by atomic mass is 32.2. The summed E-state index contributed by atoms with van der Waals surface area (Å²) in [7, 11) is 0. The SMILES string of the molecule is C=CCC1CCSCC1. The molecular weight excluding hydrogens is 128 g/mol. The molecule has 52 valence electrons. The van der Waals surface area contributed by atoms with E-state index in [1.807, 2.05) is 0 Å². The highest BCUT2D eigenvalue weighted by molar-refractivity contribution is 7.99. The van der Waals surface area contributed by atoms with E-state index in [9.17, 15) is 0 Å². The van der Waals surface area contributed by atoms with Gasteiger partial charge in [0.05, 0.1) is 0 Å². The first-order chi connectivity index (χ1) is 4.43. The van der Waals surface area contributed by atoms with Crippen LogP contribution in [0.15, 0.2) is 12.7 Å². The highest BCUT2D eigenvalue weighted by Gasteiger charge is 2.10. The number of thioether (sulfide) groups is 1. The molecule has 1 saturated heterocycles. The van der Waals surface area contributed by atoms with Gasteiger partial charge in [0.15, 0.2) is 0 Å². The van der Waals surface area contributed by atoms with Crippen LogP contribution in [0.5, 0.6) is 0 Å². The van der Waals surface area contributed by atoms with Crippen molar-refractivity contribution in [2.75, 3.05) is 11.5 Å². The van der Waals surface area contributed by atoms with Gasteiger partial charge >= 0.3 is 0 Å². The van der Waals surface area contributed by atoms with E-state index in [2.05, 4.69) is 24.4 Å². The van der Waals surface area contributed by atoms with E-state index < -0.39 is 0 Å². The largest absolute Gasteiger partial charge is 0.162 e. The van der Waals surface area contributed by atoms with Crippen molar-refractivity contribution in [3.05, 3.63) is 12.7 Å². The lowest BCUT2D eigenvalue weighted by Gasteiger charge is -2.19. The van der Waals surface area contributed by atoms with Crippen molar-refractivity contribution < 1.29 is 0 Å². The predicted octanol–water partition coefficient (Wildman–Crippen LogP) is 2.71. The minimum absolute atomic E-state index is 0.962. The maximum atomic E-state index is 3.75. The van der Waals surface area contributed by atoms with Crippen LogP contribution in [0.3, 0.4) is 0 Å². The molecule has 0 aromatic carbocycles. The smallest absolute Gasteiger partial charge is 0.00648 e. The molecule has 1 aliphatic heterocycles. The Morgan fingerprint density at radius 1 is 1.44 bits per heavy atom. The molecule has 0 aromatic heterocycles. The van der Waals surface area contributed by atoms with Gasteiger partial charge < -0.3 is 0 Å². The Hall–Kier alpha value is 0.0900. The summed E-state index contributed by atoms with van der Waals surface area (Å²) in [4.78, 5) is 0. The second-order valence-corrected chi connectivity index (χ2v) is 3.80. The second kappa shape index (κ2) is 3.99. The summed E-state index contributed by atoms with van der Waals surface area (Å²) in [5, 5.41) is 0. The number of allylic oxidation sites excluding steroid dienone is 1.